The highest BCUT2D eigenvalue weighted by Crippen LogP contribution is 2.24. The van der Waals surface area contributed by atoms with E-state index in [1.54, 1.807) is 6.07 Å². The smallest absolute Gasteiger partial charge is 0.326 e. The number of aliphatic carboxylic acids is 1. The Kier molecular flexibility index (Phi) is 5.19. The van der Waals surface area contributed by atoms with Crippen LogP contribution in [-0.2, 0) is 4.79 Å². The van der Waals surface area contributed by atoms with Crippen LogP contribution in [0.15, 0.2) is 30.9 Å². The SMILES string of the molecule is C=CC[C@H](NC(=O)c1c(Cl)cccc1Cl)C(=O)O. The third-order valence-electron chi connectivity index (χ3n) is 2.20. The van der Waals surface area contributed by atoms with E-state index in [1.165, 1.54) is 18.2 Å². The van der Waals surface area contributed by atoms with Gasteiger partial charge in [0.05, 0.1) is 15.6 Å². The average Bonchev–Trinajstić information content (AvgIpc) is 2.28. The molecular weight excluding hydrogens is 277 g/mol. The van der Waals surface area contributed by atoms with Gasteiger partial charge >= 0.3 is 5.97 Å². The third kappa shape index (κ3) is 3.48. The maximum Gasteiger partial charge on any atom is 0.326 e. The highest BCUT2D eigenvalue weighted by atomic mass is 35.5. The first kappa shape index (κ1) is 14.5. The Labute approximate surface area is 114 Å². The number of benzene rings is 1. The molecule has 6 heteroatoms. The first-order valence-corrected chi connectivity index (χ1v) is 5.81. The molecule has 0 unspecified atom stereocenters. The van der Waals surface area contributed by atoms with Gasteiger partial charge in [0.25, 0.3) is 5.91 Å². The second kappa shape index (κ2) is 6.42. The summed E-state index contributed by atoms with van der Waals surface area (Å²) in [6.07, 6.45) is 1.52. The zero-order chi connectivity index (χ0) is 13.7. The van der Waals surface area contributed by atoms with E-state index in [9.17, 15) is 9.59 Å². The van der Waals surface area contributed by atoms with Gasteiger partial charge in [-0.15, -0.1) is 6.58 Å². The van der Waals surface area contributed by atoms with Crippen LogP contribution in [0.2, 0.25) is 10.0 Å². The van der Waals surface area contributed by atoms with Gasteiger partial charge in [-0.1, -0.05) is 35.3 Å². The van der Waals surface area contributed by atoms with E-state index in [1.807, 2.05) is 0 Å². The van der Waals surface area contributed by atoms with E-state index in [4.69, 9.17) is 28.3 Å². The van der Waals surface area contributed by atoms with Gasteiger partial charge < -0.3 is 10.4 Å². The molecule has 18 heavy (non-hydrogen) atoms. The van der Waals surface area contributed by atoms with Crippen molar-refractivity contribution in [3.8, 4) is 0 Å². The van der Waals surface area contributed by atoms with Crippen LogP contribution >= 0.6 is 23.2 Å². The minimum atomic E-state index is -1.15. The van der Waals surface area contributed by atoms with Crippen molar-refractivity contribution in [3.05, 3.63) is 46.5 Å². The number of halogens is 2. The van der Waals surface area contributed by atoms with Gasteiger partial charge in [0, 0.05) is 0 Å². The van der Waals surface area contributed by atoms with Crippen molar-refractivity contribution in [2.75, 3.05) is 0 Å². The zero-order valence-electron chi connectivity index (χ0n) is 9.32. The molecule has 2 N–H and O–H groups in total. The van der Waals surface area contributed by atoms with Gasteiger partial charge in [-0.2, -0.15) is 0 Å². The molecule has 1 atom stereocenters. The summed E-state index contributed by atoms with van der Waals surface area (Å²) >= 11 is 11.7. The molecule has 0 saturated heterocycles. The fourth-order valence-corrected chi connectivity index (χ4v) is 1.90. The number of hydrogen-bond donors (Lipinski definition) is 2. The van der Waals surface area contributed by atoms with Gasteiger partial charge in [-0.05, 0) is 18.6 Å². The van der Waals surface area contributed by atoms with Crippen molar-refractivity contribution in [3.63, 3.8) is 0 Å². The maximum absolute atomic E-state index is 11.9. The summed E-state index contributed by atoms with van der Waals surface area (Å²) < 4.78 is 0. The number of carbonyl (C=O) groups is 2. The van der Waals surface area contributed by atoms with Gasteiger partial charge in [0.15, 0.2) is 0 Å². The fourth-order valence-electron chi connectivity index (χ4n) is 1.33. The highest BCUT2D eigenvalue weighted by Gasteiger charge is 2.22. The zero-order valence-corrected chi connectivity index (χ0v) is 10.8. The number of nitrogens with one attached hydrogen (secondary N) is 1. The molecule has 1 aromatic rings. The molecule has 1 aromatic carbocycles. The monoisotopic (exact) mass is 287 g/mol. The molecular formula is C12H11Cl2NO3. The van der Waals surface area contributed by atoms with Gasteiger partial charge in [-0.3, -0.25) is 4.79 Å². The summed E-state index contributed by atoms with van der Waals surface area (Å²) in [5, 5.41) is 11.6. The normalized spacial score (nSPS) is 11.7. The first-order valence-electron chi connectivity index (χ1n) is 5.06. The van der Waals surface area contributed by atoms with Crippen LogP contribution in [0, 0.1) is 0 Å². The molecule has 0 radical (unpaired) electrons. The Morgan fingerprint density at radius 3 is 2.39 bits per heavy atom. The molecule has 0 bridgehead atoms. The second-order valence-corrected chi connectivity index (χ2v) is 4.30. The molecule has 0 aliphatic rings. The van der Waals surface area contributed by atoms with Crippen molar-refractivity contribution in [2.45, 2.75) is 12.5 Å². The van der Waals surface area contributed by atoms with Crippen LogP contribution in [0.1, 0.15) is 16.8 Å². The molecule has 0 aliphatic heterocycles. The summed E-state index contributed by atoms with van der Waals surface area (Å²) in [6, 6.07) is 3.55. The summed E-state index contributed by atoms with van der Waals surface area (Å²) in [5.41, 5.74) is 0.0659. The number of carboxylic acid groups (broad SMARTS) is 1. The lowest BCUT2D eigenvalue weighted by Crippen LogP contribution is -2.40. The van der Waals surface area contributed by atoms with Crippen LogP contribution in [-0.4, -0.2) is 23.0 Å². The van der Waals surface area contributed by atoms with E-state index >= 15 is 0 Å². The van der Waals surface area contributed by atoms with Gasteiger partial charge in [0.1, 0.15) is 6.04 Å². The molecule has 0 saturated carbocycles. The van der Waals surface area contributed by atoms with Crippen molar-refractivity contribution in [2.24, 2.45) is 0 Å². The Morgan fingerprint density at radius 1 is 1.39 bits per heavy atom. The predicted molar refractivity (Wildman–Crippen MR) is 70.2 cm³/mol. The molecule has 0 spiro atoms. The average molecular weight is 288 g/mol. The van der Waals surface area contributed by atoms with Crippen LogP contribution in [0.25, 0.3) is 0 Å². The maximum atomic E-state index is 11.9. The quantitative estimate of drug-likeness (QED) is 0.819. The van der Waals surface area contributed by atoms with Crippen molar-refractivity contribution >= 4 is 35.1 Å². The molecule has 0 aliphatic carbocycles. The third-order valence-corrected chi connectivity index (χ3v) is 2.83. The first-order chi connectivity index (χ1) is 8.47. The molecule has 0 aromatic heterocycles. The Bertz CT molecular complexity index is 468. The topological polar surface area (TPSA) is 66.4 Å². The molecule has 1 amide bonds. The van der Waals surface area contributed by atoms with Gasteiger partial charge in [-0.25, -0.2) is 4.79 Å². The molecule has 0 heterocycles. The minimum Gasteiger partial charge on any atom is -0.480 e. The Hall–Kier alpha value is -1.52. The minimum absolute atomic E-state index is 0.0659. The summed E-state index contributed by atoms with van der Waals surface area (Å²) in [7, 11) is 0. The number of carbonyl (C=O) groups excluding carboxylic acids is 1. The largest absolute Gasteiger partial charge is 0.480 e. The Morgan fingerprint density at radius 2 is 1.94 bits per heavy atom. The predicted octanol–water partition coefficient (Wildman–Crippen LogP) is 2.75. The lowest BCUT2D eigenvalue weighted by atomic mass is 10.1. The van der Waals surface area contributed by atoms with E-state index in [-0.39, 0.29) is 22.0 Å². The summed E-state index contributed by atoms with van der Waals surface area (Å²) in [4.78, 5) is 22.8. The molecule has 4 nitrogen and oxygen atoms in total. The van der Waals surface area contributed by atoms with E-state index < -0.39 is 17.9 Å². The van der Waals surface area contributed by atoms with Crippen LogP contribution < -0.4 is 5.32 Å². The highest BCUT2D eigenvalue weighted by molar-refractivity contribution is 6.39. The number of carboxylic acids is 1. The number of hydrogen-bond acceptors (Lipinski definition) is 2. The Balaban J connectivity index is 2.94. The van der Waals surface area contributed by atoms with Gasteiger partial charge in [0.2, 0.25) is 0 Å². The summed E-state index contributed by atoms with van der Waals surface area (Å²) in [6.45, 7) is 3.43. The molecule has 1 rings (SSSR count). The summed E-state index contributed by atoms with van der Waals surface area (Å²) in [5.74, 6) is -1.77. The van der Waals surface area contributed by atoms with Crippen molar-refractivity contribution in [1.82, 2.24) is 5.32 Å². The standard InChI is InChI=1S/C12H11Cl2NO3/c1-2-4-9(12(17)18)15-11(16)10-7(13)5-3-6-8(10)14/h2-3,5-6,9H,1,4H2,(H,15,16)(H,17,18)/t9-/m0/s1. The lowest BCUT2D eigenvalue weighted by Gasteiger charge is -2.13. The van der Waals surface area contributed by atoms with E-state index in [0.29, 0.717) is 0 Å². The van der Waals surface area contributed by atoms with E-state index in [0.717, 1.165) is 0 Å². The van der Waals surface area contributed by atoms with Crippen molar-refractivity contribution < 1.29 is 14.7 Å². The number of amides is 1. The van der Waals surface area contributed by atoms with Crippen molar-refractivity contribution in [1.29, 1.82) is 0 Å². The molecule has 0 fully saturated rings. The van der Waals surface area contributed by atoms with Crippen LogP contribution in [0.5, 0.6) is 0 Å². The fraction of sp³-hybridized carbons (Fsp3) is 0.167. The van der Waals surface area contributed by atoms with E-state index in [2.05, 4.69) is 11.9 Å². The second-order valence-electron chi connectivity index (χ2n) is 3.49. The lowest BCUT2D eigenvalue weighted by molar-refractivity contribution is -0.139. The van der Waals surface area contributed by atoms with Crippen LogP contribution in [0.4, 0.5) is 0 Å². The van der Waals surface area contributed by atoms with Crippen LogP contribution in [0.3, 0.4) is 0 Å². The number of rotatable bonds is 5. The molecule has 96 valence electrons.